The van der Waals surface area contributed by atoms with E-state index in [2.05, 4.69) is 33.5 Å². The van der Waals surface area contributed by atoms with Crippen LogP contribution in [0.3, 0.4) is 0 Å². The number of aromatic nitrogens is 6. The quantitative estimate of drug-likeness (QED) is 0.357. The Hall–Kier alpha value is -4.40. The van der Waals surface area contributed by atoms with Crippen LogP contribution in [0.2, 0.25) is 0 Å². The SMILES string of the molecule is Cc1c(C)n(Cc2ccccn2)c2ncn3nc(CCCN4C(=O)c5ccccc5C4=O)nc3c12. The Bertz CT molecular complexity index is 1580. The van der Waals surface area contributed by atoms with Crippen molar-refractivity contribution in [3.8, 4) is 0 Å². The first-order chi connectivity index (χ1) is 17.0. The normalized spacial score (nSPS) is 13.4. The highest BCUT2D eigenvalue weighted by Gasteiger charge is 2.34. The average molecular weight is 466 g/mol. The van der Waals surface area contributed by atoms with Crippen molar-refractivity contribution in [1.29, 1.82) is 0 Å². The molecule has 1 aliphatic heterocycles. The van der Waals surface area contributed by atoms with Crippen LogP contribution in [0.15, 0.2) is 55.0 Å². The van der Waals surface area contributed by atoms with Gasteiger partial charge in [-0.1, -0.05) is 18.2 Å². The molecule has 0 bridgehead atoms. The molecule has 0 atom stereocenters. The Balaban J connectivity index is 1.25. The van der Waals surface area contributed by atoms with Crippen LogP contribution in [-0.2, 0) is 13.0 Å². The van der Waals surface area contributed by atoms with Gasteiger partial charge in [-0.05, 0) is 50.1 Å². The molecule has 5 aromatic rings. The van der Waals surface area contributed by atoms with Crippen LogP contribution in [0.5, 0.6) is 0 Å². The molecule has 174 valence electrons. The highest BCUT2D eigenvalue weighted by Crippen LogP contribution is 2.28. The molecule has 0 N–H and O–H groups in total. The van der Waals surface area contributed by atoms with Crippen molar-refractivity contribution in [2.24, 2.45) is 0 Å². The number of amides is 2. The van der Waals surface area contributed by atoms with Gasteiger partial charge in [-0.3, -0.25) is 19.5 Å². The number of carbonyl (C=O) groups excluding carboxylic acids is 2. The predicted molar refractivity (Wildman–Crippen MR) is 129 cm³/mol. The first-order valence-electron chi connectivity index (χ1n) is 11.6. The number of rotatable bonds is 6. The van der Waals surface area contributed by atoms with E-state index in [1.54, 1.807) is 41.3 Å². The lowest BCUT2D eigenvalue weighted by atomic mass is 10.1. The maximum atomic E-state index is 12.6. The van der Waals surface area contributed by atoms with Gasteiger partial charge in [0.15, 0.2) is 11.5 Å². The van der Waals surface area contributed by atoms with Crippen LogP contribution in [0.25, 0.3) is 16.7 Å². The molecule has 0 spiro atoms. The van der Waals surface area contributed by atoms with E-state index in [9.17, 15) is 9.59 Å². The summed E-state index contributed by atoms with van der Waals surface area (Å²) < 4.78 is 3.86. The van der Waals surface area contributed by atoms with Crippen molar-refractivity contribution in [2.45, 2.75) is 33.2 Å². The van der Waals surface area contributed by atoms with E-state index in [0.717, 1.165) is 33.6 Å². The van der Waals surface area contributed by atoms with E-state index in [-0.39, 0.29) is 11.8 Å². The third-order valence-electron chi connectivity index (χ3n) is 6.70. The van der Waals surface area contributed by atoms with E-state index in [1.807, 2.05) is 18.2 Å². The Kier molecular flexibility index (Phi) is 4.91. The van der Waals surface area contributed by atoms with E-state index in [0.29, 0.717) is 42.9 Å². The molecule has 0 aliphatic carbocycles. The zero-order chi connectivity index (χ0) is 24.1. The summed E-state index contributed by atoms with van der Waals surface area (Å²) in [5, 5.41) is 5.57. The van der Waals surface area contributed by atoms with Crippen molar-refractivity contribution in [2.75, 3.05) is 6.54 Å². The van der Waals surface area contributed by atoms with E-state index in [4.69, 9.17) is 4.98 Å². The van der Waals surface area contributed by atoms with Gasteiger partial charge in [-0.15, -0.1) is 5.10 Å². The Morgan fingerprint density at radius 2 is 1.63 bits per heavy atom. The van der Waals surface area contributed by atoms with Gasteiger partial charge in [-0.2, -0.15) is 0 Å². The number of fused-ring (bicyclic) bond motifs is 4. The minimum Gasteiger partial charge on any atom is -0.323 e. The van der Waals surface area contributed by atoms with Gasteiger partial charge < -0.3 is 4.57 Å². The topological polar surface area (TPSA) is 98.3 Å². The Morgan fingerprint density at radius 1 is 0.886 bits per heavy atom. The zero-order valence-electron chi connectivity index (χ0n) is 19.5. The van der Waals surface area contributed by atoms with Crippen LogP contribution in [-0.4, -0.2) is 52.4 Å². The smallest absolute Gasteiger partial charge is 0.261 e. The third-order valence-corrected chi connectivity index (χ3v) is 6.70. The molecular weight excluding hydrogens is 442 g/mol. The maximum absolute atomic E-state index is 12.6. The zero-order valence-corrected chi connectivity index (χ0v) is 19.5. The molecule has 4 aromatic heterocycles. The molecule has 6 rings (SSSR count). The van der Waals surface area contributed by atoms with Gasteiger partial charge in [0.2, 0.25) is 0 Å². The molecule has 35 heavy (non-hydrogen) atoms. The van der Waals surface area contributed by atoms with Gasteiger partial charge in [0, 0.05) is 24.9 Å². The molecule has 0 fully saturated rings. The summed E-state index contributed by atoms with van der Waals surface area (Å²) in [6.45, 7) is 5.11. The molecular formula is C26H23N7O2. The first kappa shape index (κ1) is 21.2. The van der Waals surface area contributed by atoms with Crippen LogP contribution < -0.4 is 0 Å². The van der Waals surface area contributed by atoms with E-state index >= 15 is 0 Å². The molecule has 0 radical (unpaired) electrons. The minimum absolute atomic E-state index is 0.236. The van der Waals surface area contributed by atoms with Crippen molar-refractivity contribution in [3.63, 3.8) is 0 Å². The van der Waals surface area contributed by atoms with Crippen molar-refractivity contribution in [3.05, 3.63) is 88.9 Å². The Morgan fingerprint density at radius 3 is 2.34 bits per heavy atom. The maximum Gasteiger partial charge on any atom is 0.261 e. The molecule has 0 saturated heterocycles. The summed E-state index contributed by atoms with van der Waals surface area (Å²) in [6.07, 6.45) is 4.61. The molecule has 2 amide bonds. The van der Waals surface area contributed by atoms with Gasteiger partial charge in [-0.25, -0.2) is 14.5 Å². The average Bonchev–Trinajstić information content (AvgIpc) is 3.48. The van der Waals surface area contributed by atoms with Crippen molar-refractivity contribution >= 4 is 28.5 Å². The summed E-state index contributed by atoms with van der Waals surface area (Å²) in [6, 6.07) is 12.8. The third kappa shape index (κ3) is 3.39. The summed E-state index contributed by atoms with van der Waals surface area (Å²) in [7, 11) is 0. The lowest BCUT2D eigenvalue weighted by Gasteiger charge is -2.12. The van der Waals surface area contributed by atoms with Crippen LogP contribution in [0.1, 0.15) is 49.9 Å². The number of aryl methyl sites for hydroxylation is 2. The number of imide groups is 1. The fraction of sp³-hybridized carbons (Fsp3) is 0.231. The Labute approximate surface area is 201 Å². The summed E-state index contributed by atoms with van der Waals surface area (Å²) >= 11 is 0. The lowest BCUT2D eigenvalue weighted by Crippen LogP contribution is -2.31. The van der Waals surface area contributed by atoms with E-state index < -0.39 is 0 Å². The van der Waals surface area contributed by atoms with Gasteiger partial charge in [0.25, 0.3) is 11.8 Å². The minimum atomic E-state index is -0.236. The highest BCUT2D eigenvalue weighted by molar-refractivity contribution is 6.21. The number of carbonyl (C=O) groups is 2. The first-order valence-corrected chi connectivity index (χ1v) is 11.6. The van der Waals surface area contributed by atoms with Crippen LogP contribution in [0.4, 0.5) is 0 Å². The summed E-state index contributed by atoms with van der Waals surface area (Å²) in [4.78, 5) is 40.4. The molecule has 0 saturated carbocycles. The van der Waals surface area contributed by atoms with Gasteiger partial charge in [0.05, 0.1) is 28.8 Å². The molecule has 9 nitrogen and oxygen atoms in total. The van der Waals surface area contributed by atoms with Crippen molar-refractivity contribution < 1.29 is 9.59 Å². The fourth-order valence-electron chi connectivity index (χ4n) is 4.77. The lowest BCUT2D eigenvalue weighted by molar-refractivity contribution is 0.0652. The monoisotopic (exact) mass is 465 g/mol. The molecule has 5 heterocycles. The fourth-order valence-corrected chi connectivity index (χ4v) is 4.77. The van der Waals surface area contributed by atoms with E-state index in [1.165, 1.54) is 4.90 Å². The number of hydrogen-bond acceptors (Lipinski definition) is 6. The standard InChI is InChI=1S/C26H23N7O2/c1-16-17(2)32(14-18-8-5-6-12-27-18)23-22(16)24-29-21(30-33(24)15-28-23)11-7-13-31-25(34)19-9-3-4-10-20(19)26(31)35/h3-6,8-10,12,15H,7,11,13-14H2,1-2H3. The number of hydrogen-bond donors (Lipinski definition) is 0. The molecule has 9 heteroatoms. The summed E-state index contributed by atoms with van der Waals surface area (Å²) in [5.41, 5.74) is 5.73. The largest absolute Gasteiger partial charge is 0.323 e. The van der Waals surface area contributed by atoms with Crippen LogP contribution in [0, 0.1) is 13.8 Å². The van der Waals surface area contributed by atoms with Gasteiger partial charge >= 0.3 is 0 Å². The van der Waals surface area contributed by atoms with Crippen LogP contribution >= 0.6 is 0 Å². The second-order valence-corrected chi connectivity index (χ2v) is 8.77. The second-order valence-electron chi connectivity index (χ2n) is 8.77. The number of nitrogens with zero attached hydrogens (tertiary/aromatic N) is 7. The van der Waals surface area contributed by atoms with Gasteiger partial charge in [0.1, 0.15) is 12.0 Å². The second kappa shape index (κ2) is 8.12. The predicted octanol–water partition coefficient (Wildman–Crippen LogP) is 3.37. The number of benzene rings is 1. The molecule has 1 aromatic carbocycles. The summed E-state index contributed by atoms with van der Waals surface area (Å²) in [5.74, 6) is 0.185. The molecule has 0 unspecified atom stereocenters. The molecule has 1 aliphatic rings. The van der Waals surface area contributed by atoms with Crippen molar-refractivity contribution in [1.82, 2.24) is 34.0 Å². The highest BCUT2D eigenvalue weighted by atomic mass is 16.2. The number of pyridine rings is 1.